The molecular weight excluding hydrogens is 286 g/mol. The van der Waals surface area contributed by atoms with Crippen molar-refractivity contribution in [1.29, 1.82) is 0 Å². The smallest absolute Gasteiger partial charge is 0.356 e. The Hall–Kier alpha value is -1.95. The number of nitrogens with zero attached hydrogens (tertiary/aromatic N) is 2. The lowest BCUT2D eigenvalue weighted by atomic mass is 10.3. The highest BCUT2D eigenvalue weighted by atomic mass is 79.9. The maximum atomic E-state index is 10.6. The number of halogens is 1. The number of hydrogen-bond donors (Lipinski definition) is 2. The van der Waals surface area contributed by atoms with Crippen LogP contribution in [-0.2, 0) is 0 Å². The highest BCUT2D eigenvalue weighted by molar-refractivity contribution is 9.10. The number of rotatable bonds is 3. The quantitative estimate of drug-likeness (QED) is 0.910. The number of aromatic nitrogens is 2. The summed E-state index contributed by atoms with van der Waals surface area (Å²) in [5, 5.41) is 19.1. The summed E-state index contributed by atoms with van der Waals surface area (Å²) in [7, 11) is 0. The van der Waals surface area contributed by atoms with Crippen LogP contribution < -0.4 is 5.32 Å². The van der Waals surface area contributed by atoms with Crippen LogP contribution in [0.5, 0.6) is 0 Å². The van der Waals surface area contributed by atoms with E-state index < -0.39 is 5.97 Å². The number of carboxylic acids is 1. The summed E-state index contributed by atoms with van der Waals surface area (Å²) >= 11 is 3.39. The molecule has 0 aliphatic rings. The molecule has 5 nitrogen and oxygen atoms in total. The Balaban J connectivity index is 2.20. The predicted molar refractivity (Wildman–Crippen MR) is 66.4 cm³/mol. The second-order valence-electron chi connectivity index (χ2n) is 3.21. The first-order valence-corrected chi connectivity index (χ1v) is 5.54. The van der Waals surface area contributed by atoms with E-state index in [-0.39, 0.29) is 5.69 Å². The minimum absolute atomic E-state index is 0.0809. The molecule has 0 aliphatic carbocycles. The van der Waals surface area contributed by atoms with Crippen molar-refractivity contribution in [3.63, 3.8) is 0 Å². The fraction of sp³-hybridized carbons (Fsp3) is 0. The minimum Gasteiger partial charge on any atom is -0.476 e. The molecule has 0 spiro atoms. The van der Waals surface area contributed by atoms with Gasteiger partial charge >= 0.3 is 5.97 Å². The van der Waals surface area contributed by atoms with Crippen LogP contribution in [0.25, 0.3) is 0 Å². The molecule has 6 heteroatoms. The number of anilines is 2. The van der Waals surface area contributed by atoms with E-state index in [1.807, 2.05) is 24.3 Å². The summed E-state index contributed by atoms with van der Waals surface area (Å²) in [6.45, 7) is 0. The Morgan fingerprint density at radius 3 is 2.53 bits per heavy atom. The van der Waals surface area contributed by atoms with E-state index in [9.17, 15) is 4.79 Å². The van der Waals surface area contributed by atoms with Crippen molar-refractivity contribution in [3.8, 4) is 0 Å². The zero-order valence-corrected chi connectivity index (χ0v) is 10.2. The summed E-state index contributed by atoms with van der Waals surface area (Å²) in [6, 6.07) is 10.5. The molecule has 17 heavy (non-hydrogen) atoms. The standard InChI is InChI=1S/C11H8BrN3O2/c12-7-3-1-2-4-8(7)13-10-6-5-9(11(16)17)14-15-10/h1-6H,(H,13,15)(H,16,17). The van der Waals surface area contributed by atoms with Gasteiger partial charge in [0, 0.05) is 4.47 Å². The van der Waals surface area contributed by atoms with Gasteiger partial charge in [-0.05, 0) is 40.2 Å². The normalized spacial score (nSPS) is 9.94. The van der Waals surface area contributed by atoms with Crippen LogP contribution in [-0.4, -0.2) is 21.3 Å². The first-order chi connectivity index (χ1) is 8.16. The van der Waals surface area contributed by atoms with Gasteiger partial charge in [-0.3, -0.25) is 0 Å². The van der Waals surface area contributed by atoms with Gasteiger partial charge in [0.1, 0.15) is 0 Å². The SMILES string of the molecule is O=C(O)c1ccc(Nc2ccccc2Br)nn1. The van der Waals surface area contributed by atoms with Crippen molar-refractivity contribution in [2.24, 2.45) is 0 Å². The molecule has 0 unspecified atom stereocenters. The zero-order valence-electron chi connectivity index (χ0n) is 8.59. The summed E-state index contributed by atoms with van der Waals surface area (Å²) in [5.41, 5.74) is 0.757. The van der Waals surface area contributed by atoms with Crippen molar-refractivity contribution in [1.82, 2.24) is 10.2 Å². The van der Waals surface area contributed by atoms with Gasteiger partial charge in [-0.15, -0.1) is 10.2 Å². The third kappa shape index (κ3) is 2.79. The van der Waals surface area contributed by atoms with E-state index in [0.29, 0.717) is 5.82 Å². The Kier molecular flexibility index (Phi) is 3.34. The molecule has 0 saturated heterocycles. The zero-order chi connectivity index (χ0) is 12.3. The number of carbonyl (C=O) groups is 1. The molecule has 1 heterocycles. The summed E-state index contributed by atoms with van der Waals surface area (Å²) in [6.07, 6.45) is 0. The molecule has 1 aromatic heterocycles. The molecule has 0 aliphatic heterocycles. The van der Waals surface area contributed by atoms with Crippen LogP contribution in [0.2, 0.25) is 0 Å². The van der Waals surface area contributed by atoms with Crippen LogP contribution in [0.4, 0.5) is 11.5 Å². The molecule has 0 amide bonds. The largest absolute Gasteiger partial charge is 0.476 e. The van der Waals surface area contributed by atoms with Crippen LogP contribution >= 0.6 is 15.9 Å². The van der Waals surface area contributed by atoms with E-state index >= 15 is 0 Å². The molecule has 2 rings (SSSR count). The number of benzene rings is 1. The van der Waals surface area contributed by atoms with E-state index in [1.165, 1.54) is 6.07 Å². The Morgan fingerprint density at radius 1 is 1.18 bits per heavy atom. The van der Waals surface area contributed by atoms with Gasteiger partial charge in [-0.25, -0.2) is 4.79 Å². The Bertz CT molecular complexity index is 543. The third-order valence-electron chi connectivity index (χ3n) is 2.02. The van der Waals surface area contributed by atoms with Crippen LogP contribution in [0, 0.1) is 0 Å². The molecule has 0 bridgehead atoms. The minimum atomic E-state index is -1.09. The highest BCUT2D eigenvalue weighted by Gasteiger charge is 2.05. The lowest BCUT2D eigenvalue weighted by molar-refractivity contribution is 0.0689. The van der Waals surface area contributed by atoms with Crippen molar-refractivity contribution in [2.75, 3.05) is 5.32 Å². The Morgan fingerprint density at radius 2 is 1.94 bits per heavy atom. The average Bonchev–Trinajstić information content (AvgIpc) is 2.33. The Labute approximate surface area is 106 Å². The number of nitrogens with one attached hydrogen (secondary N) is 1. The van der Waals surface area contributed by atoms with E-state index in [0.717, 1.165) is 10.2 Å². The monoisotopic (exact) mass is 293 g/mol. The lowest BCUT2D eigenvalue weighted by Gasteiger charge is -2.06. The maximum Gasteiger partial charge on any atom is 0.356 e. The fourth-order valence-corrected chi connectivity index (χ4v) is 1.60. The number of hydrogen-bond acceptors (Lipinski definition) is 4. The number of para-hydroxylation sites is 1. The van der Waals surface area contributed by atoms with Crippen molar-refractivity contribution >= 4 is 33.4 Å². The maximum absolute atomic E-state index is 10.6. The predicted octanol–water partition coefficient (Wildman–Crippen LogP) is 2.68. The number of carboxylic acid groups (broad SMARTS) is 1. The summed E-state index contributed by atoms with van der Waals surface area (Å²) in [5.74, 6) is -0.605. The van der Waals surface area contributed by atoms with Crippen LogP contribution in [0.1, 0.15) is 10.5 Å². The van der Waals surface area contributed by atoms with Gasteiger partial charge in [0.15, 0.2) is 11.5 Å². The van der Waals surface area contributed by atoms with E-state index in [1.54, 1.807) is 6.07 Å². The molecule has 0 fully saturated rings. The first-order valence-electron chi connectivity index (χ1n) is 4.75. The van der Waals surface area contributed by atoms with Crippen molar-refractivity contribution in [3.05, 3.63) is 46.6 Å². The van der Waals surface area contributed by atoms with Gasteiger partial charge < -0.3 is 10.4 Å². The second kappa shape index (κ2) is 4.92. The van der Waals surface area contributed by atoms with Gasteiger partial charge in [0.05, 0.1) is 5.69 Å². The molecule has 86 valence electrons. The first kappa shape index (κ1) is 11.5. The second-order valence-corrected chi connectivity index (χ2v) is 4.07. The number of aromatic carboxylic acids is 1. The molecular formula is C11H8BrN3O2. The molecule has 0 atom stereocenters. The van der Waals surface area contributed by atoms with Gasteiger partial charge in [0.2, 0.25) is 0 Å². The van der Waals surface area contributed by atoms with Crippen LogP contribution in [0.3, 0.4) is 0 Å². The van der Waals surface area contributed by atoms with E-state index in [2.05, 4.69) is 31.4 Å². The van der Waals surface area contributed by atoms with Gasteiger partial charge in [0.25, 0.3) is 0 Å². The summed E-state index contributed by atoms with van der Waals surface area (Å²) < 4.78 is 0.893. The fourth-order valence-electron chi connectivity index (χ4n) is 1.21. The topological polar surface area (TPSA) is 75.1 Å². The average molecular weight is 294 g/mol. The molecule has 0 saturated carbocycles. The highest BCUT2D eigenvalue weighted by Crippen LogP contribution is 2.23. The molecule has 2 aromatic rings. The molecule has 1 aromatic carbocycles. The molecule has 0 radical (unpaired) electrons. The third-order valence-corrected chi connectivity index (χ3v) is 2.71. The van der Waals surface area contributed by atoms with Gasteiger partial charge in [-0.2, -0.15) is 0 Å². The summed E-state index contributed by atoms with van der Waals surface area (Å²) in [4.78, 5) is 10.6. The van der Waals surface area contributed by atoms with E-state index in [4.69, 9.17) is 5.11 Å². The molecule has 2 N–H and O–H groups in total. The van der Waals surface area contributed by atoms with Crippen molar-refractivity contribution < 1.29 is 9.90 Å². The van der Waals surface area contributed by atoms with Crippen LogP contribution in [0.15, 0.2) is 40.9 Å². The van der Waals surface area contributed by atoms with Gasteiger partial charge in [-0.1, -0.05) is 12.1 Å². The van der Waals surface area contributed by atoms with Crippen molar-refractivity contribution in [2.45, 2.75) is 0 Å². The lowest BCUT2D eigenvalue weighted by Crippen LogP contribution is -2.03.